The molecule has 0 radical (unpaired) electrons. The van der Waals surface area contributed by atoms with Gasteiger partial charge in [-0.2, -0.15) is 0 Å². The smallest absolute Gasteiger partial charge is 0.243 e. The number of hydrogen-bond acceptors (Lipinski definition) is 5. The minimum absolute atomic E-state index is 0.190. The predicted octanol–water partition coefficient (Wildman–Crippen LogP) is 1.83. The lowest BCUT2D eigenvalue weighted by molar-refractivity contribution is -0.133. The number of nitrogens with one attached hydrogen (secondary N) is 3. The molecule has 1 aromatic heterocycles. The van der Waals surface area contributed by atoms with Crippen LogP contribution in [0.3, 0.4) is 0 Å². The molecule has 4 atom stereocenters. The minimum atomic E-state index is -0.982. The molecular weight excluding hydrogens is 556 g/mol. The fraction of sp³-hybridized carbons (Fsp3) is 0.294. The second-order valence-electron chi connectivity index (χ2n) is 11.3. The molecule has 1 fully saturated rings. The number of para-hydroxylation sites is 1. The van der Waals surface area contributed by atoms with Crippen molar-refractivity contribution in [2.45, 2.75) is 43.8 Å². The highest BCUT2D eigenvalue weighted by molar-refractivity contribution is 5.93. The summed E-state index contributed by atoms with van der Waals surface area (Å²) in [5, 5.41) is 6.61. The van der Waals surface area contributed by atoms with Gasteiger partial charge in [-0.15, -0.1) is 0 Å². The molecule has 1 aliphatic rings. The number of benzene rings is 3. The summed E-state index contributed by atoms with van der Waals surface area (Å²) in [7, 11) is 0. The van der Waals surface area contributed by atoms with Crippen molar-refractivity contribution >= 4 is 34.5 Å². The van der Waals surface area contributed by atoms with Crippen LogP contribution in [0.1, 0.15) is 23.1 Å². The number of likely N-dealkylation sites (tertiary alicyclic amines) is 1. The third kappa shape index (κ3) is 7.51. The van der Waals surface area contributed by atoms with Crippen molar-refractivity contribution in [2.75, 3.05) is 13.1 Å². The number of carbonyl (C=O) groups excluding carboxylic acids is 4. The number of aromatic nitrogens is 1. The molecule has 0 aliphatic carbocycles. The van der Waals surface area contributed by atoms with Crippen LogP contribution >= 0.6 is 0 Å². The van der Waals surface area contributed by atoms with Crippen LogP contribution in [0, 0.1) is 5.92 Å². The van der Waals surface area contributed by atoms with Crippen molar-refractivity contribution < 1.29 is 19.2 Å². The van der Waals surface area contributed by atoms with Gasteiger partial charge in [0.15, 0.2) is 0 Å². The van der Waals surface area contributed by atoms with Crippen molar-refractivity contribution in [3.05, 3.63) is 108 Å². The van der Waals surface area contributed by atoms with Gasteiger partial charge in [0.05, 0.1) is 12.0 Å². The molecule has 5 rings (SSSR count). The molecule has 0 saturated carbocycles. The van der Waals surface area contributed by atoms with Crippen LogP contribution in [0.4, 0.5) is 0 Å². The Labute approximate surface area is 256 Å². The number of fused-ring (bicyclic) bond motifs is 1. The zero-order chi connectivity index (χ0) is 31.1. The maximum Gasteiger partial charge on any atom is 0.243 e. The Kier molecular flexibility index (Phi) is 9.71. The van der Waals surface area contributed by atoms with Crippen molar-refractivity contribution in [1.29, 1.82) is 0 Å². The summed E-state index contributed by atoms with van der Waals surface area (Å²) in [6.07, 6.45) is 3.09. The standard InChI is InChI=1S/C34H38N6O4/c35-27(17-22-9-3-1-4-10-22)34(44)40-16-15-24(21-40)32(42)39-30(19-25-20-37-28-14-8-7-13-26(25)28)33(43)38-29(31(36)41)18-23-11-5-2-6-12-23/h1-14,20,24,27,29-30,37H,15-19,21,35H2,(H2,36,41)(H,38,43)(H,39,42)/t24-,27+,29+,30+/m1/s1. The summed E-state index contributed by atoms with van der Waals surface area (Å²) in [5.74, 6) is -2.23. The monoisotopic (exact) mass is 594 g/mol. The van der Waals surface area contributed by atoms with Gasteiger partial charge in [0.25, 0.3) is 0 Å². The Morgan fingerprint density at radius 2 is 1.45 bits per heavy atom. The molecule has 3 aromatic carbocycles. The number of primary amides is 1. The summed E-state index contributed by atoms with van der Waals surface area (Å²) in [6, 6.07) is 23.9. The molecule has 10 heteroatoms. The summed E-state index contributed by atoms with van der Waals surface area (Å²) in [5.41, 5.74) is 15.5. The number of hydrogen-bond donors (Lipinski definition) is 5. The Balaban J connectivity index is 1.28. The number of rotatable bonds is 12. The summed E-state index contributed by atoms with van der Waals surface area (Å²) in [4.78, 5) is 57.4. The normalized spacial score (nSPS) is 16.7. The van der Waals surface area contributed by atoms with Gasteiger partial charge in [-0.3, -0.25) is 19.2 Å². The SMILES string of the molecule is NC(=O)[C@H](Cc1ccccc1)NC(=O)[C@H](Cc1c[nH]c2ccccc12)NC(=O)[C@@H]1CCN(C(=O)[C@@H](N)Cc2ccccc2)C1. The van der Waals surface area contributed by atoms with Crippen molar-refractivity contribution in [3.63, 3.8) is 0 Å². The first-order chi connectivity index (χ1) is 21.3. The average molecular weight is 595 g/mol. The Morgan fingerprint density at radius 1 is 0.818 bits per heavy atom. The first-order valence-electron chi connectivity index (χ1n) is 14.9. The fourth-order valence-electron chi connectivity index (χ4n) is 5.73. The first kappa shape index (κ1) is 30.5. The van der Waals surface area contributed by atoms with Crippen LogP contribution in [0.5, 0.6) is 0 Å². The van der Waals surface area contributed by atoms with E-state index < -0.39 is 35.9 Å². The molecule has 228 valence electrons. The van der Waals surface area contributed by atoms with Crippen LogP contribution in [-0.4, -0.2) is 64.7 Å². The third-order valence-electron chi connectivity index (χ3n) is 8.16. The molecule has 1 saturated heterocycles. The number of carbonyl (C=O) groups is 4. The summed E-state index contributed by atoms with van der Waals surface area (Å²) >= 11 is 0. The molecule has 7 N–H and O–H groups in total. The first-order valence-corrected chi connectivity index (χ1v) is 14.9. The van der Waals surface area contributed by atoms with Gasteiger partial charge in [0, 0.05) is 43.0 Å². The molecule has 10 nitrogen and oxygen atoms in total. The molecule has 0 bridgehead atoms. The second kappa shape index (κ2) is 14.0. The summed E-state index contributed by atoms with van der Waals surface area (Å²) < 4.78 is 0. The lowest BCUT2D eigenvalue weighted by Crippen LogP contribution is -2.55. The van der Waals surface area contributed by atoms with E-state index >= 15 is 0 Å². The number of nitrogens with two attached hydrogens (primary N) is 2. The molecular formula is C34H38N6O4. The van der Waals surface area contributed by atoms with Gasteiger partial charge in [-0.25, -0.2) is 0 Å². The Bertz CT molecular complexity index is 1610. The number of H-pyrrole nitrogens is 1. The zero-order valence-electron chi connectivity index (χ0n) is 24.4. The van der Waals surface area contributed by atoms with Crippen LogP contribution in [0.25, 0.3) is 10.9 Å². The minimum Gasteiger partial charge on any atom is -0.368 e. The topological polar surface area (TPSA) is 163 Å². The molecule has 1 aliphatic heterocycles. The zero-order valence-corrected chi connectivity index (χ0v) is 24.4. The number of amides is 4. The Hall–Kier alpha value is -4.96. The maximum atomic E-state index is 13.7. The second-order valence-corrected chi connectivity index (χ2v) is 11.3. The van der Waals surface area contributed by atoms with E-state index in [0.717, 1.165) is 27.6 Å². The molecule has 0 unspecified atom stereocenters. The van der Waals surface area contributed by atoms with E-state index in [1.54, 1.807) is 4.90 Å². The number of aromatic amines is 1. The summed E-state index contributed by atoms with van der Waals surface area (Å²) in [6.45, 7) is 0.617. The lowest BCUT2D eigenvalue weighted by atomic mass is 10.0. The highest BCUT2D eigenvalue weighted by Crippen LogP contribution is 2.21. The van der Waals surface area contributed by atoms with Gasteiger partial charge in [-0.1, -0.05) is 78.9 Å². The molecule has 2 heterocycles. The quantitative estimate of drug-likeness (QED) is 0.169. The predicted molar refractivity (Wildman–Crippen MR) is 168 cm³/mol. The largest absolute Gasteiger partial charge is 0.368 e. The van der Waals surface area contributed by atoms with Crippen molar-refractivity contribution in [3.8, 4) is 0 Å². The van der Waals surface area contributed by atoms with Gasteiger partial charge >= 0.3 is 0 Å². The lowest BCUT2D eigenvalue weighted by Gasteiger charge is -2.24. The average Bonchev–Trinajstić information content (AvgIpc) is 3.69. The molecule has 4 amide bonds. The van der Waals surface area contributed by atoms with Crippen LogP contribution in [-0.2, 0) is 38.4 Å². The molecule has 44 heavy (non-hydrogen) atoms. The van der Waals surface area contributed by atoms with Crippen LogP contribution < -0.4 is 22.1 Å². The van der Waals surface area contributed by atoms with E-state index in [-0.39, 0.29) is 31.2 Å². The fourth-order valence-corrected chi connectivity index (χ4v) is 5.73. The van der Waals surface area contributed by atoms with Gasteiger partial charge < -0.3 is 32.0 Å². The van der Waals surface area contributed by atoms with E-state index in [2.05, 4.69) is 15.6 Å². The van der Waals surface area contributed by atoms with E-state index in [0.29, 0.717) is 19.4 Å². The molecule has 0 spiro atoms. The van der Waals surface area contributed by atoms with Crippen LogP contribution in [0.15, 0.2) is 91.1 Å². The van der Waals surface area contributed by atoms with Gasteiger partial charge in [-0.05, 0) is 35.6 Å². The third-order valence-corrected chi connectivity index (χ3v) is 8.16. The molecule has 4 aromatic rings. The van der Waals surface area contributed by atoms with Crippen LogP contribution in [0.2, 0.25) is 0 Å². The van der Waals surface area contributed by atoms with Crippen molar-refractivity contribution in [2.24, 2.45) is 17.4 Å². The van der Waals surface area contributed by atoms with Crippen molar-refractivity contribution in [1.82, 2.24) is 20.5 Å². The highest BCUT2D eigenvalue weighted by Gasteiger charge is 2.35. The van der Waals surface area contributed by atoms with E-state index in [1.165, 1.54) is 0 Å². The highest BCUT2D eigenvalue weighted by atomic mass is 16.2. The van der Waals surface area contributed by atoms with E-state index in [9.17, 15) is 19.2 Å². The maximum absolute atomic E-state index is 13.7. The van der Waals surface area contributed by atoms with Gasteiger partial charge in [0.1, 0.15) is 12.1 Å². The van der Waals surface area contributed by atoms with E-state index in [1.807, 2.05) is 91.1 Å². The van der Waals surface area contributed by atoms with Gasteiger partial charge in [0.2, 0.25) is 23.6 Å². The number of nitrogens with zero attached hydrogens (tertiary/aromatic N) is 1. The van der Waals surface area contributed by atoms with E-state index in [4.69, 9.17) is 11.5 Å². The Morgan fingerprint density at radius 3 is 2.14 bits per heavy atom.